The van der Waals surface area contributed by atoms with Crippen LogP contribution in [0.15, 0.2) is 48.5 Å². The number of amides is 3. The molecule has 3 aliphatic rings. The molecule has 2 aromatic rings. The number of hydrogen-bond acceptors (Lipinski definition) is 5. The van der Waals surface area contributed by atoms with Crippen molar-refractivity contribution < 1.29 is 29.0 Å². The van der Waals surface area contributed by atoms with Gasteiger partial charge in [0.25, 0.3) is 0 Å². The van der Waals surface area contributed by atoms with E-state index < -0.39 is 36.0 Å². The predicted octanol–water partition coefficient (Wildman–Crippen LogP) is 2.15. The van der Waals surface area contributed by atoms with Gasteiger partial charge >= 0.3 is 12.1 Å². The third kappa shape index (κ3) is 4.45. The van der Waals surface area contributed by atoms with E-state index in [0.29, 0.717) is 6.42 Å². The van der Waals surface area contributed by atoms with Crippen LogP contribution in [0.5, 0.6) is 0 Å². The number of carboxylic acid groups (broad SMARTS) is 1. The molecule has 3 atom stereocenters. The molecule has 0 aromatic heterocycles. The smallest absolute Gasteiger partial charge is 0.407 e. The molecule has 2 aromatic carbocycles. The van der Waals surface area contributed by atoms with Crippen LogP contribution in [0.25, 0.3) is 11.1 Å². The van der Waals surface area contributed by atoms with E-state index in [4.69, 9.17) is 4.74 Å². The van der Waals surface area contributed by atoms with E-state index in [2.05, 4.69) is 16.0 Å². The Hall–Kier alpha value is -3.88. The van der Waals surface area contributed by atoms with Crippen molar-refractivity contribution in [1.29, 1.82) is 0 Å². The van der Waals surface area contributed by atoms with Crippen molar-refractivity contribution in [2.75, 3.05) is 13.2 Å². The Balaban J connectivity index is 1.20. The molecule has 2 fully saturated rings. The van der Waals surface area contributed by atoms with Gasteiger partial charge in [-0.3, -0.25) is 14.4 Å². The van der Waals surface area contributed by atoms with Gasteiger partial charge in [-0.25, -0.2) is 4.79 Å². The van der Waals surface area contributed by atoms with E-state index in [1.807, 2.05) is 48.5 Å². The summed E-state index contributed by atoms with van der Waals surface area (Å²) in [6.07, 6.45) is 0.736. The summed E-state index contributed by atoms with van der Waals surface area (Å²) in [5, 5.41) is 17.3. The van der Waals surface area contributed by atoms with Crippen LogP contribution in [0.2, 0.25) is 0 Å². The standard InChI is InChI=1S/C26H27N3O6/c30-22(31)11-21(24(33)27-14-26-10-9-15(12-26)23(32)29-26)28-25(34)35-13-20-18-7-3-1-5-16(18)17-6-2-4-8-19(17)20/h1-8,15,20-21H,9-14H2,(H,27,33)(H,28,34)(H,29,32)(H,30,31). The fraction of sp³-hybridized carbons (Fsp3) is 0.385. The summed E-state index contributed by atoms with van der Waals surface area (Å²) in [7, 11) is 0. The van der Waals surface area contributed by atoms with E-state index in [1.165, 1.54) is 0 Å². The number of rotatable bonds is 8. The van der Waals surface area contributed by atoms with Crippen LogP contribution in [0.3, 0.4) is 0 Å². The van der Waals surface area contributed by atoms with E-state index in [0.717, 1.165) is 35.1 Å². The van der Waals surface area contributed by atoms with Crippen LogP contribution in [-0.4, -0.2) is 53.7 Å². The van der Waals surface area contributed by atoms with Gasteiger partial charge < -0.3 is 25.8 Å². The van der Waals surface area contributed by atoms with Crippen LogP contribution >= 0.6 is 0 Å². The maximum absolute atomic E-state index is 12.8. The van der Waals surface area contributed by atoms with Gasteiger partial charge in [0, 0.05) is 18.4 Å². The van der Waals surface area contributed by atoms with Crippen molar-refractivity contribution in [3.8, 4) is 11.1 Å². The zero-order valence-corrected chi connectivity index (χ0v) is 19.1. The van der Waals surface area contributed by atoms with Crippen LogP contribution < -0.4 is 16.0 Å². The highest BCUT2D eigenvalue weighted by atomic mass is 16.5. The molecule has 3 unspecified atom stereocenters. The number of hydrogen-bond donors (Lipinski definition) is 4. The van der Waals surface area contributed by atoms with Crippen molar-refractivity contribution in [2.24, 2.45) is 5.92 Å². The molecule has 9 nitrogen and oxygen atoms in total. The first kappa shape index (κ1) is 22.9. The van der Waals surface area contributed by atoms with E-state index >= 15 is 0 Å². The molecule has 4 N–H and O–H groups in total. The summed E-state index contributed by atoms with van der Waals surface area (Å²) in [5.41, 5.74) is 3.79. The second kappa shape index (κ2) is 9.05. The number of carbonyl (C=O) groups is 4. The van der Waals surface area contributed by atoms with Crippen molar-refractivity contribution in [1.82, 2.24) is 16.0 Å². The van der Waals surface area contributed by atoms with Gasteiger partial charge in [-0.1, -0.05) is 48.5 Å². The number of ether oxygens (including phenoxy) is 1. The Morgan fingerprint density at radius 2 is 1.74 bits per heavy atom. The minimum atomic E-state index is -1.30. The number of nitrogens with one attached hydrogen (secondary N) is 3. The molecule has 0 spiro atoms. The molecule has 3 amide bonds. The molecule has 2 bridgehead atoms. The highest BCUT2D eigenvalue weighted by molar-refractivity contribution is 5.90. The highest BCUT2D eigenvalue weighted by Gasteiger charge is 2.50. The number of fused-ring (bicyclic) bond motifs is 5. The lowest BCUT2D eigenvalue weighted by atomic mass is 9.98. The maximum Gasteiger partial charge on any atom is 0.407 e. The fourth-order valence-corrected chi connectivity index (χ4v) is 5.58. The van der Waals surface area contributed by atoms with Crippen molar-refractivity contribution in [3.63, 3.8) is 0 Å². The molecule has 1 saturated carbocycles. The molecule has 35 heavy (non-hydrogen) atoms. The minimum Gasteiger partial charge on any atom is -0.481 e. The Morgan fingerprint density at radius 3 is 2.31 bits per heavy atom. The molecule has 1 aliphatic heterocycles. The molecule has 1 heterocycles. The lowest BCUT2D eigenvalue weighted by molar-refractivity contribution is -0.139. The quantitative estimate of drug-likeness (QED) is 0.460. The first-order chi connectivity index (χ1) is 16.8. The van der Waals surface area contributed by atoms with Gasteiger partial charge in [-0.15, -0.1) is 0 Å². The van der Waals surface area contributed by atoms with Crippen LogP contribution in [-0.2, 0) is 19.1 Å². The van der Waals surface area contributed by atoms with Crippen molar-refractivity contribution >= 4 is 23.9 Å². The lowest BCUT2D eigenvalue weighted by Gasteiger charge is -2.28. The van der Waals surface area contributed by atoms with E-state index in [1.54, 1.807) is 0 Å². The van der Waals surface area contributed by atoms with Gasteiger partial charge in [0.05, 0.1) is 12.0 Å². The summed E-state index contributed by atoms with van der Waals surface area (Å²) < 4.78 is 5.46. The largest absolute Gasteiger partial charge is 0.481 e. The van der Waals surface area contributed by atoms with Gasteiger partial charge in [0.15, 0.2) is 0 Å². The van der Waals surface area contributed by atoms with E-state index in [9.17, 15) is 24.3 Å². The first-order valence-electron chi connectivity index (χ1n) is 11.8. The zero-order chi connectivity index (χ0) is 24.6. The van der Waals surface area contributed by atoms with Gasteiger partial charge in [0.2, 0.25) is 11.8 Å². The van der Waals surface area contributed by atoms with Crippen LogP contribution in [0.1, 0.15) is 42.7 Å². The molecule has 2 aliphatic carbocycles. The summed E-state index contributed by atoms with van der Waals surface area (Å²) in [5.74, 6) is -2.04. The van der Waals surface area contributed by atoms with Gasteiger partial charge in [-0.05, 0) is 41.5 Å². The fourth-order valence-electron chi connectivity index (χ4n) is 5.58. The number of carboxylic acids is 1. The Labute approximate surface area is 202 Å². The molecule has 1 saturated heterocycles. The van der Waals surface area contributed by atoms with Crippen LogP contribution in [0.4, 0.5) is 4.79 Å². The number of aliphatic carboxylic acids is 1. The number of alkyl carbamates (subject to hydrolysis) is 1. The normalized spacial score (nSPS) is 22.6. The Kier molecular flexibility index (Phi) is 5.92. The Morgan fingerprint density at radius 1 is 1.09 bits per heavy atom. The Bertz CT molecular complexity index is 1150. The van der Waals surface area contributed by atoms with Crippen molar-refractivity contribution in [2.45, 2.75) is 43.2 Å². The number of benzene rings is 2. The molecular weight excluding hydrogens is 450 g/mol. The summed E-state index contributed by atoms with van der Waals surface area (Å²) in [6.45, 7) is 0.244. The highest BCUT2D eigenvalue weighted by Crippen LogP contribution is 2.44. The summed E-state index contributed by atoms with van der Waals surface area (Å²) in [4.78, 5) is 48.5. The predicted molar refractivity (Wildman–Crippen MR) is 125 cm³/mol. The number of carbonyl (C=O) groups excluding carboxylic acids is 3. The molecule has 0 radical (unpaired) electrons. The minimum absolute atomic E-state index is 0.00986. The average molecular weight is 478 g/mol. The van der Waals surface area contributed by atoms with Crippen molar-refractivity contribution in [3.05, 3.63) is 59.7 Å². The first-order valence-corrected chi connectivity index (χ1v) is 11.8. The molecular formula is C26H27N3O6. The molecule has 182 valence electrons. The van der Waals surface area contributed by atoms with Gasteiger partial charge in [-0.2, -0.15) is 0 Å². The summed E-state index contributed by atoms with van der Waals surface area (Å²) in [6, 6.07) is 14.5. The topological polar surface area (TPSA) is 134 Å². The SMILES string of the molecule is O=C(O)CC(NC(=O)OCC1c2ccccc2-c2ccccc21)C(=O)NCC12CCC(C1)C(=O)N2. The van der Waals surface area contributed by atoms with Gasteiger partial charge in [0.1, 0.15) is 12.6 Å². The third-order valence-corrected chi connectivity index (χ3v) is 7.30. The number of piperidine rings is 1. The molecule has 5 rings (SSSR count). The second-order valence-corrected chi connectivity index (χ2v) is 9.55. The van der Waals surface area contributed by atoms with Crippen LogP contribution in [0, 0.1) is 5.92 Å². The third-order valence-electron chi connectivity index (χ3n) is 7.30. The summed E-state index contributed by atoms with van der Waals surface area (Å²) >= 11 is 0. The average Bonchev–Trinajstić information content (AvgIpc) is 3.50. The van der Waals surface area contributed by atoms with E-state index in [-0.39, 0.29) is 30.9 Å². The second-order valence-electron chi connectivity index (χ2n) is 9.55. The zero-order valence-electron chi connectivity index (χ0n) is 19.1. The molecule has 9 heteroatoms. The maximum atomic E-state index is 12.8. The lowest BCUT2D eigenvalue weighted by Crippen LogP contribution is -2.55. The monoisotopic (exact) mass is 477 g/mol.